The Morgan fingerprint density at radius 3 is 2.64 bits per heavy atom. The number of hydrogen-bond donors (Lipinski definition) is 1. The van der Waals surface area contributed by atoms with Crippen LogP contribution in [0.2, 0.25) is 0 Å². The van der Waals surface area contributed by atoms with Gasteiger partial charge in [-0.2, -0.15) is 0 Å². The van der Waals surface area contributed by atoms with Gasteiger partial charge in [0.15, 0.2) is 0 Å². The fourth-order valence-electron chi connectivity index (χ4n) is 1.12. The summed E-state index contributed by atoms with van der Waals surface area (Å²) in [5.74, 6) is 0. The Labute approximate surface area is 80.9 Å². The Hall–Kier alpha value is 0.600. The minimum absolute atomic E-state index is 0.113. The molecule has 1 atom stereocenters. The SMILES string of the molecule is CS(=O)(=O)NC1CCN(I)C1. The van der Waals surface area contributed by atoms with Gasteiger partial charge in [-0.3, -0.25) is 0 Å². The maximum absolute atomic E-state index is 10.8. The monoisotopic (exact) mass is 290 g/mol. The highest BCUT2D eigenvalue weighted by atomic mass is 127. The largest absolute Gasteiger partial charge is 0.246 e. The molecule has 1 unspecified atom stereocenters. The number of sulfonamides is 1. The van der Waals surface area contributed by atoms with Crippen molar-refractivity contribution in [3.8, 4) is 0 Å². The highest BCUT2D eigenvalue weighted by Crippen LogP contribution is 2.13. The van der Waals surface area contributed by atoms with E-state index in [0.29, 0.717) is 0 Å². The summed E-state index contributed by atoms with van der Waals surface area (Å²) in [7, 11) is -3.01. The molecule has 0 saturated carbocycles. The van der Waals surface area contributed by atoms with Crippen molar-refractivity contribution in [2.24, 2.45) is 0 Å². The lowest BCUT2D eigenvalue weighted by molar-refractivity contribution is 0.555. The van der Waals surface area contributed by atoms with Gasteiger partial charge in [-0.1, -0.05) is 0 Å². The summed E-state index contributed by atoms with van der Waals surface area (Å²) >= 11 is 2.20. The molecule has 0 bridgehead atoms. The van der Waals surface area contributed by atoms with E-state index in [1.54, 1.807) is 0 Å². The van der Waals surface area contributed by atoms with Crippen LogP contribution in [0.5, 0.6) is 0 Å². The van der Waals surface area contributed by atoms with Crippen LogP contribution in [-0.4, -0.2) is 36.9 Å². The Morgan fingerprint density at radius 2 is 2.27 bits per heavy atom. The molecule has 6 heteroatoms. The molecule has 0 aromatic heterocycles. The van der Waals surface area contributed by atoms with Gasteiger partial charge < -0.3 is 0 Å². The van der Waals surface area contributed by atoms with Crippen molar-refractivity contribution < 1.29 is 8.42 Å². The molecule has 4 nitrogen and oxygen atoms in total. The quantitative estimate of drug-likeness (QED) is 0.573. The average Bonchev–Trinajstić information content (AvgIpc) is 2.10. The zero-order valence-corrected chi connectivity index (χ0v) is 9.22. The summed E-state index contributed by atoms with van der Waals surface area (Å²) in [4.78, 5) is 0. The van der Waals surface area contributed by atoms with Crippen LogP contribution < -0.4 is 4.72 Å². The zero-order chi connectivity index (χ0) is 8.48. The molecular weight excluding hydrogens is 279 g/mol. The number of halogens is 1. The number of nitrogens with one attached hydrogen (secondary N) is 1. The van der Waals surface area contributed by atoms with Gasteiger partial charge in [0, 0.05) is 42.0 Å². The maximum Gasteiger partial charge on any atom is 0.208 e. The summed E-state index contributed by atoms with van der Waals surface area (Å²) in [6.45, 7) is 1.78. The van der Waals surface area contributed by atoms with E-state index >= 15 is 0 Å². The molecule has 0 spiro atoms. The van der Waals surface area contributed by atoms with E-state index in [4.69, 9.17) is 0 Å². The Kier molecular flexibility index (Phi) is 3.12. The topological polar surface area (TPSA) is 49.4 Å². The standard InChI is InChI=1S/C5H11IN2O2S/c1-11(9,10)7-5-2-3-8(6)4-5/h5,7H,2-4H2,1H3. The minimum Gasteiger partial charge on any atom is -0.246 e. The van der Waals surface area contributed by atoms with Crippen LogP contribution in [0, 0.1) is 0 Å². The molecule has 1 saturated heterocycles. The molecule has 0 radical (unpaired) electrons. The fourth-order valence-corrected chi connectivity index (χ4v) is 2.67. The third-order valence-corrected chi connectivity index (χ3v) is 3.16. The minimum atomic E-state index is -3.01. The van der Waals surface area contributed by atoms with Crippen LogP contribution in [0.1, 0.15) is 6.42 Å². The fraction of sp³-hybridized carbons (Fsp3) is 1.00. The second-order valence-electron chi connectivity index (χ2n) is 2.74. The van der Waals surface area contributed by atoms with E-state index < -0.39 is 10.0 Å². The van der Waals surface area contributed by atoms with Crippen molar-refractivity contribution in [1.29, 1.82) is 0 Å². The van der Waals surface area contributed by atoms with Gasteiger partial charge in [-0.15, -0.1) is 0 Å². The molecule has 1 rings (SSSR count). The second kappa shape index (κ2) is 3.55. The summed E-state index contributed by atoms with van der Waals surface area (Å²) in [6.07, 6.45) is 2.11. The molecule has 11 heavy (non-hydrogen) atoms. The predicted octanol–water partition coefficient (Wildman–Crippen LogP) is -0.0401. The van der Waals surface area contributed by atoms with Crippen molar-refractivity contribution >= 4 is 32.9 Å². The van der Waals surface area contributed by atoms with Gasteiger partial charge >= 0.3 is 0 Å². The predicted molar refractivity (Wildman–Crippen MR) is 52.0 cm³/mol. The molecule has 1 aliphatic heterocycles. The molecule has 1 heterocycles. The Bertz CT molecular complexity index is 229. The normalized spacial score (nSPS) is 27.6. The molecule has 0 aliphatic carbocycles. The first-order valence-corrected chi connectivity index (χ1v) is 6.21. The Balaban J connectivity index is 2.41. The highest BCUT2D eigenvalue weighted by Gasteiger charge is 2.22. The first kappa shape index (κ1) is 9.69. The van der Waals surface area contributed by atoms with Gasteiger partial charge in [0.1, 0.15) is 0 Å². The summed E-state index contributed by atoms with van der Waals surface area (Å²) in [5, 5.41) is 0. The molecule has 0 amide bonds. The smallest absolute Gasteiger partial charge is 0.208 e. The lowest BCUT2D eigenvalue weighted by atomic mass is 10.3. The van der Waals surface area contributed by atoms with Gasteiger partial charge in [-0.05, 0) is 6.42 Å². The van der Waals surface area contributed by atoms with Crippen molar-refractivity contribution in [2.75, 3.05) is 19.3 Å². The Morgan fingerprint density at radius 1 is 1.64 bits per heavy atom. The highest BCUT2D eigenvalue weighted by molar-refractivity contribution is 14.1. The molecule has 1 aliphatic rings. The van der Waals surface area contributed by atoms with E-state index in [0.717, 1.165) is 19.5 Å². The van der Waals surface area contributed by atoms with E-state index in [-0.39, 0.29) is 6.04 Å². The molecule has 1 fully saturated rings. The van der Waals surface area contributed by atoms with Gasteiger partial charge in [0.2, 0.25) is 10.0 Å². The van der Waals surface area contributed by atoms with Crippen LogP contribution in [0.4, 0.5) is 0 Å². The number of hydrogen-bond acceptors (Lipinski definition) is 3. The van der Waals surface area contributed by atoms with Crippen LogP contribution in [0.15, 0.2) is 0 Å². The van der Waals surface area contributed by atoms with Crippen molar-refractivity contribution in [2.45, 2.75) is 12.5 Å². The van der Waals surface area contributed by atoms with Crippen LogP contribution in [-0.2, 0) is 10.0 Å². The first-order valence-electron chi connectivity index (χ1n) is 3.35. The summed E-state index contributed by atoms with van der Waals surface area (Å²) in [5.41, 5.74) is 0. The van der Waals surface area contributed by atoms with Crippen LogP contribution in [0.25, 0.3) is 0 Å². The third-order valence-electron chi connectivity index (χ3n) is 1.52. The first-order chi connectivity index (χ1) is 4.97. The molecule has 0 aromatic carbocycles. The van der Waals surface area contributed by atoms with Crippen molar-refractivity contribution in [3.63, 3.8) is 0 Å². The van der Waals surface area contributed by atoms with E-state index in [9.17, 15) is 8.42 Å². The van der Waals surface area contributed by atoms with Crippen molar-refractivity contribution in [3.05, 3.63) is 0 Å². The van der Waals surface area contributed by atoms with E-state index in [1.807, 2.05) is 0 Å². The summed E-state index contributed by atoms with van der Waals surface area (Å²) < 4.78 is 26.2. The van der Waals surface area contributed by atoms with E-state index in [1.165, 1.54) is 6.26 Å². The van der Waals surface area contributed by atoms with E-state index in [2.05, 4.69) is 30.7 Å². The molecule has 1 N–H and O–H groups in total. The molecule has 0 aromatic rings. The van der Waals surface area contributed by atoms with Crippen molar-refractivity contribution in [1.82, 2.24) is 7.84 Å². The lowest BCUT2D eigenvalue weighted by Crippen LogP contribution is -2.34. The van der Waals surface area contributed by atoms with Gasteiger partial charge in [0.05, 0.1) is 6.26 Å². The molecule has 66 valence electrons. The van der Waals surface area contributed by atoms with Crippen LogP contribution >= 0.6 is 22.9 Å². The third kappa shape index (κ3) is 3.68. The number of nitrogens with zero attached hydrogens (tertiary/aromatic N) is 1. The average molecular weight is 290 g/mol. The summed E-state index contributed by atoms with van der Waals surface area (Å²) in [6, 6.07) is 0.113. The van der Waals surface area contributed by atoms with Gasteiger partial charge in [0.25, 0.3) is 0 Å². The lowest BCUT2D eigenvalue weighted by Gasteiger charge is -2.08. The van der Waals surface area contributed by atoms with Gasteiger partial charge in [-0.25, -0.2) is 16.3 Å². The second-order valence-corrected chi connectivity index (χ2v) is 5.89. The number of rotatable bonds is 2. The van der Waals surface area contributed by atoms with Crippen LogP contribution in [0.3, 0.4) is 0 Å². The maximum atomic E-state index is 10.8. The zero-order valence-electron chi connectivity index (χ0n) is 6.25. The molecular formula is C5H11IN2O2S.